The number of fused-ring (bicyclic) bond motifs is 1. The van der Waals surface area contributed by atoms with Crippen LogP contribution in [0.25, 0.3) is 16.9 Å². The molecule has 4 aromatic rings. The van der Waals surface area contributed by atoms with Gasteiger partial charge in [-0.3, -0.25) is 4.68 Å². The second-order valence-electron chi connectivity index (χ2n) is 6.06. The predicted octanol–water partition coefficient (Wildman–Crippen LogP) is 3.01. The van der Waals surface area contributed by atoms with Crippen LogP contribution in [-0.4, -0.2) is 29.4 Å². The van der Waals surface area contributed by atoms with Gasteiger partial charge in [-0.25, -0.2) is 9.97 Å². The SMILES string of the molecule is Cc1cc2nc(-c3ccccc3)cc(N[C@H](C)c3ncnn3C)n2n1. The molecule has 126 valence electrons. The van der Waals surface area contributed by atoms with Crippen LogP contribution in [0.5, 0.6) is 0 Å². The van der Waals surface area contributed by atoms with E-state index in [4.69, 9.17) is 4.98 Å². The fraction of sp³-hybridized carbons (Fsp3) is 0.222. The van der Waals surface area contributed by atoms with E-state index in [1.165, 1.54) is 0 Å². The molecule has 25 heavy (non-hydrogen) atoms. The third-order valence-electron chi connectivity index (χ3n) is 4.12. The Morgan fingerprint density at radius 2 is 1.92 bits per heavy atom. The van der Waals surface area contributed by atoms with E-state index < -0.39 is 0 Å². The molecule has 0 spiro atoms. The average Bonchev–Trinajstić information content (AvgIpc) is 3.20. The van der Waals surface area contributed by atoms with Crippen molar-refractivity contribution in [1.82, 2.24) is 29.4 Å². The van der Waals surface area contributed by atoms with E-state index >= 15 is 0 Å². The second kappa shape index (κ2) is 6.01. The van der Waals surface area contributed by atoms with Crippen molar-refractivity contribution in [3.05, 3.63) is 60.3 Å². The van der Waals surface area contributed by atoms with E-state index in [0.29, 0.717) is 0 Å². The Bertz CT molecular complexity index is 1020. The minimum absolute atomic E-state index is 0.0220. The fourth-order valence-corrected chi connectivity index (χ4v) is 2.93. The topological polar surface area (TPSA) is 72.9 Å². The van der Waals surface area contributed by atoms with Crippen LogP contribution in [-0.2, 0) is 7.05 Å². The van der Waals surface area contributed by atoms with E-state index in [1.807, 2.05) is 48.8 Å². The average molecular weight is 333 g/mol. The quantitative estimate of drug-likeness (QED) is 0.621. The molecule has 7 nitrogen and oxygen atoms in total. The van der Waals surface area contributed by atoms with Crippen molar-refractivity contribution >= 4 is 11.5 Å². The van der Waals surface area contributed by atoms with Gasteiger partial charge in [0.2, 0.25) is 0 Å². The molecular formula is C18H19N7. The van der Waals surface area contributed by atoms with Gasteiger partial charge in [-0.2, -0.15) is 14.7 Å². The zero-order valence-electron chi connectivity index (χ0n) is 14.4. The van der Waals surface area contributed by atoms with Crippen LogP contribution in [0.4, 0.5) is 5.82 Å². The number of aromatic nitrogens is 6. The van der Waals surface area contributed by atoms with Gasteiger partial charge < -0.3 is 5.32 Å². The molecular weight excluding hydrogens is 314 g/mol. The molecule has 0 bridgehead atoms. The lowest BCUT2D eigenvalue weighted by molar-refractivity contribution is 0.658. The molecule has 0 unspecified atom stereocenters. The minimum atomic E-state index is -0.0220. The molecule has 4 rings (SSSR count). The highest BCUT2D eigenvalue weighted by molar-refractivity contribution is 5.66. The van der Waals surface area contributed by atoms with E-state index in [2.05, 4.69) is 39.6 Å². The number of nitrogens with zero attached hydrogens (tertiary/aromatic N) is 6. The van der Waals surface area contributed by atoms with Gasteiger partial charge in [0.05, 0.1) is 17.4 Å². The molecule has 0 aliphatic heterocycles. The molecule has 0 radical (unpaired) electrons. The molecule has 1 N–H and O–H groups in total. The summed E-state index contributed by atoms with van der Waals surface area (Å²) >= 11 is 0. The van der Waals surface area contributed by atoms with Crippen molar-refractivity contribution in [2.24, 2.45) is 7.05 Å². The fourth-order valence-electron chi connectivity index (χ4n) is 2.93. The van der Waals surface area contributed by atoms with Crippen molar-refractivity contribution in [1.29, 1.82) is 0 Å². The Labute approximate surface area is 145 Å². The summed E-state index contributed by atoms with van der Waals surface area (Å²) in [5.41, 5.74) is 3.71. The Morgan fingerprint density at radius 3 is 2.64 bits per heavy atom. The van der Waals surface area contributed by atoms with Crippen molar-refractivity contribution < 1.29 is 0 Å². The maximum absolute atomic E-state index is 4.74. The molecule has 0 saturated heterocycles. The van der Waals surface area contributed by atoms with Crippen LogP contribution in [0.3, 0.4) is 0 Å². The van der Waals surface area contributed by atoms with E-state index in [0.717, 1.165) is 34.2 Å². The number of hydrogen-bond acceptors (Lipinski definition) is 5. The van der Waals surface area contributed by atoms with Gasteiger partial charge in [-0.1, -0.05) is 30.3 Å². The Hall–Kier alpha value is -3.22. The Balaban J connectivity index is 1.80. The van der Waals surface area contributed by atoms with Crippen LogP contribution in [0.2, 0.25) is 0 Å². The molecule has 1 aromatic carbocycles. The molecule has 0 fully saturated rings. The van der Waals surface area contributed by atoms with Crippen molar-refractivity contribution in [3.8, 4) is 11.3 Å². The maximum atomic E-state index is 4.74. The first-order valence-electron chi connectivity index (χ1n) is 8.15. The summed E-state index contributed by atoms with van der Waals surface area (Å²) in [6.07, 6.45) is 1.56. The predicted molar refractivity (Wildman–Crippen MR) is 96.2 cm³/mol. The highest BCUT2D eigenvalue weighted by Gasteiger charge is 2.15. The first kappa shape index (κ1) is 15.3. The smallest absolute Gasteiger partial charge is 0.158 e. The standard InChI is InChI=1S/C18H19N7/c1-12-9-16-22-15(14-7-5-4-6-8-14)10-17(25(16)23-12)21-13(2)18-19-11-20-24(18)3/h4-11,13,21H,1-3H3/t13-/m1/s1. The number of hydrogen-bond donors (Lipinski definition) is 1. The number of benzene rings is 1. The summed E-state index contributed by atoms with van der Waals surface area (Å²) in [4.78, 5) is 9.06. The molecule has 0 amide bonds. The third kappa shape index (κ3) is 2.84. The largest absolute Gasteiger partial charge is 0.360 e. The van der Waals surface area contributed by atoms with Gasteiger partial charge >= 0.3 is 0 Å². The summed E-state index contributed by atoms with van der Waals surface area (Å²) in [7, 11) is 1.89. The van der Waals surface area contributed by atoms with Gasteiger partial charge in [-0.15, -0.1) is 0 Å². The molecule has 1 atom stereocenters. The number of rotatable bonds is 4. The van der Waals surface area contributed by atoms with Gasteiger partial charge in [0.1, 0.15) is 18.0 Å². The van der Waals surface area contributed by atoms with Crippen LogP contribution in [0.1, 0.15) is 24.5 Å². The molecule has 3 aromatic heterocycles. The maximum Gasteiger partial charge on any atom is 0.158 e. The van der Waals surface area contributed by atoms with Crippen molar-refractivity contribution in [2.45, 2.75) is 19.9 Å². The highest BCUT2D eigenvalue weighted by atomic mass is 15.3. The number of nitrogens with one attached hydrogen (secondary N) is 1. The normalized spacial score (nSPS) is 12.4. The first-order chi connectivity index (χ1) is 12.1. The van der Waals surface area contributed by atoms with Crippen LogP contribution in [0.15, 0.2) is 48.8 Å². The zero-order chi connectivity index (χ0) is 17.4. The van der Waals surface area contributed by atoms with E-state index in [-0.39, 0.29) is 6.04 Å². The summed E-state index contributed by atoms with van der Waals surface area (Å²) in [5, 5.41) is 12.2. The summed E-state index contributed by atoms with van der Waals surface area (Å²) in [6.45, 7) is 4.02. The second-order valence-corrected chi connectivity index (χ2v) is 6.06. The molecule has 3 heterocycles. The van der Waals surface area contributed by atoms with Crippen molar-refractivity contribution in [3.63, 3.8) is 0 Å². The monoisotopic (exact) mass is 333 g/mol. The minimum Gasteiger partial charge on any atom is -0.360 e. The number of aryl methyl sites for hydroxylation is 2. The van der Waals surface area contributed by atoms with Gasteiger partial charge in [-0.05, 0) is 13.8 Å². The Kier molecular flexibility index (Phi) is 3.68. The lowest BCUT2D eigenvalue weighted by Crippen LogP contribution is -2.15. The van der Waals surface area contributed by atoms with Crippen molar-refractivity contribution in [2.75, 3.05) is 5.32 Å². The molecule has 0 aliphatic rings. The third-order valence-corrected chi connectivity index (χ3v) is 4.12. The highest BCUT2D eigenvalue weighted by Crippen LogP contribution is 2.25. The summed E-state index contributed by atoms with van der Waals surface area (Å²) in [5.74, 6) is 1.72. The van der Waals surface area contributed by atoms with Crippen LogP contribution >= 0.6 is 0 Å². The van der Waals surface area contributed by atoms with Crippen LogP contribution in [0, 0.1) is 6.92 Å². The van der Waals surface area contributed by atoms with E-state index in [1.54, 1.807) is 11.0 Å². The number of anilines is 1. The molecule has 7 heteroatoms. The van der Waals surface area contributed by atoms with E-state index in [9.17, 15) is 0 Å². The first-order valence-corrected chi connectivity index (χ1v) is 8.15. The zero-order valence-corrected chi connectivity index (χ0v) is 14.4. The lowest BCUT2D eigenvalue weighted by Gasteiger charge is -2.16. The van der Waals surface area contributed by atoms with Gasteiger partial charge in [0, 0.05) is 24.7 Å². The molecule has 0 aliphatic carbocycles. The van der Waals surface area contributed by atoms with Crippen LogP contribution < -0.4 is 5.32 Å². The van der Waals surface area contributed by atoms with Gasteiger partial charge in [0.15, 0.2) is 5.65 Å². The lowest BCUT2D eigenvalue weighted by atomic mass is 10.1. The molecule has 0 saturated carbocycles. The van der Waals surface area contributed by atoms with Gasteiger partial charge in [0.25, 0.3) is 0 Å². The Morgan fingerprint density at radius 1 is 1.12 bits per heavy atom. The summed E-state index contributed by atoms with van der Waals surface area (Å²) < 4.78 is 3.59. The summed E-state index contributed by atoms with van der Waals surface area (Å²) in [6, 6.07) is 14.1.